The van der Waals surface area contributed by atoms with Gasteiger partial charge in [-0.3, -0.25) is 14.4 Å². The summed E-state index contributed by atoms with van der Waals surface area (Å²) >= 11 is 11.1. The van der Waals surface area contributed by atoms with Crippen molar-refractivity contribution in [2.75, 3.05) is 5.32 Å². The van der Waals surface area contributed by atoms with E-state index in [1.165, 1.54) is 25.1 Å². The number of ketones is 1. The summed E-state index contributed by atoms with van der Waals surface area (Å²) in [6.45, 7) is 1.32. The van der Waals surface area contributed by atoms with Gasteiger partial charge in [0.15, 0.2) is 0 Å². The minimum atomic E-state index is -0.670. The molecule has 0 bridgehead atoms. The Morgan fingerprint density at radius 1 is 1.29 bits per heavy atom. The van der Waals surface area contributed by atoms with Crippen molar-refractivity contribution in [3.8, 4) is 0 Å². The van der Waals surface area contributed by atoms with Crippen molar-refractivity contribution in [1.82, 2.24) is 0 Å². The number of anilines is 1. The summed E-state index contributed by atoms with van der Waals surface area (Å²) in [4.78, 5) is 32.9. The zero-order chi connectivity index (χ0) is 13.0. The fraction of sp³-hybridized carbons (Fsp3) is 0.182. The number of amides is 1. The van der Waals surface area contributed by atoms with Gasteiger partial charge in [0.1, 0.15) is 5.78 Å². The zero-order valence-corrected chi connectivity index (χ0v) is 10.4. The van der Waals surface area contributed by atoms with E-state index in [9.17, 15) is 14.4 Å². The van der Waals surface area contributed by atoms with Gasteiger partial charge in [0, 0.05) is 5.69 Å². The van der Waals surface area contributed by atoms with Crippen LogP contribution in [0.2, 0.25) is 5.02 Å². The topological polar surface area (TPSA) is 63.2 Å². The van der Waals surface area contributed by atoms with Crippen LogP contribution in [0.4, 0.5) is 5.69 Å². The molecule has 1 aromatic carbocycles. The second-order valence-electron chi connectivity index (χ2n) is 3.40. The van der Waals surface area contributed by atoms with Gasteiger partial charge in [-0.2, -0.15) is 0 Å². The van der Waals surface area contributed by atoms with E-state index in [1.807, 2.05) is 0 Å². The lowest BCUT2D eigenvalue weighted by Crippen LogP contribution is -2.14. The van der Waals surface area contributed by atoms with Crippen LogP contribution in [0.1, 0.15) is 23.7 Å². The van der Waals surface area contributed by atoms with Crippen LogP contribution in [0.5, 0.6) is 0 Å². The maximum absolute atomic E-state index is 11.3. The third kappa shape index (κ3) is 4.17. The van der Waals surface area contributed by atoms with Crippen molar-refractivity contribution in [2.45, 2.75) is 13.3 Å². The smallest absolute Gasteiger partial charge is 0.253 e. The first kappa shape index (κ1) is 13.7. The maximum Gasteiger partial charge on any atom is 0.253 e. The lowest BCUT2D eigenvalue weighted by atomic mass is 10.2. The van der Waals surface area contributed by atoms with Gasteiger partial charge in [-0.15, -0.1) is 0 Å². The molecule has 0 spiro atoms. The van der Waals surface area contributed by atoms with Gasteiger partial charge in [-0.1, -0.05) is 11.6 Å². The van der Waals surface area contributed by atoms with Crippen LogP contribution in [-0.2, 0) is 9.59 Å². The number of benzene rings is 1. The monoisotopic (exact) mass is 273 g/mol. The van der Waals surface area contributed by atoms with E-state index in [2.05, 4.69) is 5.32 Å². The summed E-state index contributed by atoms with van der Waals surface area (Å²) in [6, 6.07) is 4.29. The van der Waals surface area contributed by atoms with E-state index in [-0.39, 0.29) is 22.8 Å². The van der Waals surface area contributed by atoms with E-state index in [0.717, 1.165) is 0 Å². The number of Topliss-reactive ketones (excluding diaryl/α,β-unsaturated/α-hetero) is 1. The van der Waals surface area contributed by atoms with Gasteiger partial charge >= 0.3 is 0 Å². The molecule has 17 heavy (non-hydrogen) atoms. The molecule has 0 unspecified atom stereocenters. The van der Waals surface area contributed by atoms with E-state index in [4.69, 9.17) is 23.2 Å². The van der Waals surface area contributed by atoms with Crippen LogP contribution in [-0.4, -0.2) is 16.9 Å². The Morgan fingerprint density at radius 3 is 2.41 bits per heavy atom. The predicted octanol–water partition coefficient (Wildman–Crippen LogP) is 2.64. The highest BCUT2D eigenvalue weighted by Gasteiger charge is 2.10. The zero-order valence-electron chi connectivity index (χ0n) is 8.92. The summed E-state index contributed by atoms with van der Waals surface area (Å²) < 4.78 is 0. The largest absolute Gasteiger partial charge is 0.326 e. The molecule has 0 aliphatic carbocycles. The highest BCUT2D eigenvalue weighted by Crippen LogP contribution is 2.22. The third-order valence-electron chi connectivity index (χ3n) is 1.87. The molecule has 0 aromatic heterocycles. The number of hydrogen-bond donors (Lipinski definition) is 1. The summed E-state index contributed by atoms with van der Waals surface area (Å²) in [5.74, 6) is -0.667. The second kappa shape index (κ2) is 5.80. The molecule has 90 valence electrons. The first-order valence-electron chi connectivity index (χ1n) is 4.69. The number of carbonyl (C=O) groups is 3. The average molecular weight is 274 g/mol. The molecule has 4 nitrogen and oxygen atoms in total. The average Bonchev–Trinajstić information content (AvgIpc) is 2.15. The van der Waals surface area contributed by atoms with Crippen LogP contribution in [0.3, 0.4) is 0 Å². The molecule has 0 aliphatic heterocycles. The molecule has 0 radical (unpaired) electrons. The molecule has 0 atom stereocenters. The lowest BCUT2D eigenvalue weighted by molar-refractivity contribution is -0.124. The van der Waals surface area contributed by atoms with Gasteiger partial charge < -0.3 is 5.32 Å². The minimum absolute atomic E-state index is 0.144. The highest BCUT2D eigenvalue weighted by molar-refractivity contribution is 6.68. The van der Waals surface area contributed by atoms with Gasteiger partial charge in [0.2, 0.25) is 5.91 Å². The summed E-state index contributed by atoms with van der Waals surface area (Å²) in [6.07, 6.45) is -0.201. The van der Waals surface area contributed by atoms with E-state index < -0.39 is 11.1 Å². The molecular formula is C11H9Cl2NO3. The van der Waals surface area contributed by atoms with E-state index >= 15 is 0 Å². The van der Waals surface area contributed by atoms with Gasteiger partial charge in [0.25, 0.3) is 5.24 Å². The van der Waals surface area contributed by atoms with E-state index in [1.54, 1.807) is 0 Å². The third-order valence-corrected chi connectivity index (χ3v) is 2.39. The Bertz CT molecular complexity index is 486. The first-order valence-corrected chi connectivity index (χ1v) is 5.44. The SMILES string of the molecule is CC(=O)CC(=O)Nc1ccc(C(=O)Cl)c(Cl)c1. The Labute approximate surface area is 108 Å². The summed E-state index contributed by atoms with van der Waals surface area (Å²) in [7, 11) is 0. The first-order chi connectivity index (χ1) is 7.90. The number of rotatable bonds is 4. The molecule has 0 heterocycles. The predicted molar refractivity (Wildman–Crippen MR) is 65.6 cm³/mol. The Balaban J connectivity index is 2.81. The molecule has 0 saturated carbocycles. The molecule has 0 fully saturated rings. The van der Waals surface area contributed by atoms with Crippen LogP contribution in [0, 0.1) is 0 Å². The molecule has 0 saturated heterocycles. The molecule has 0 aliphatic rings. The quantitative estimate of drug-likeness (QED) is 0.678. The fourth-order valence-corrected chi connectivity index (χ4v) is 1.66. The van der Waals surface area contributed by atoms with Crippen LogP contribution in [0.15, 0.2) is 18.2 Å². The number of carbonyl (C=O) groups excluding carboxylic acids is 3. The number of nitrogens with one attached hydrogen (secondary N) is 1. The molecule has 1 aromatic rings. The molecule has 1 amide bonds. The minimum Gasteiger partial charge on any atom is -0.326 e. The normalized spacial score (nSPS) is 9.82. The Morgan fingerprint density at radius 2 is 1.94 bits per heavy atom. The van der Waals surface area contributed by atoms with Crippen LogP contribution in [0.25, 0.3) is 0 Å². The summed E-state index contributed by atoms with van der Waals surface area (Å²) in [5, 5.41) is 1.96. The van der Waals surface area contributed by atoms with Gasteiger partial charge in [0.05, 0.1) is 17.0 Å². The fourth-order valence-electron chi connectivity index (χ4n) is 1.18. The molecular weight excluding hydrogens is 265 g/mol. The van der Waals surface area contributed by atoms with Crippen molar-refractivity contribution in [1.29, 1.82) is 0 Å². The molecule has 6 heteroatoms. The van der Waals surface area contributed by atoms with Crippen molar-refractivity contribution in [3.05, 3.63) is 28.8 Å². The van der Waals surface area contributed by atoms with Crippen LogP contribution >= 0.6 is 23.2 Å². The number of hydrogen-bond acceptors (Lipinski definition) is 3. The molecule has 1 N–H and O–H groups in total. The number of halogens is 2. The van der Waals surface area contributed by atoms with Crippen molar-refractivity contribution < 1.29 is 14.4 Å². The highest BCUT2D eigenvalue weighted by atomic mass is 35.5. The van der Waals surface area contributed by atoms with Gasteiger partial charge in [-0.05, 0) is 36.7 Å². The second-order valence-corrected chi connectivity index (χ2v) is 4.15. The maximum atomic E-state index is 11.3. The standard InChI is InChI=1S/C11H9Cl2NO3/c1-6(15)4-10(16)14-7-2-3-8(11(13)17)9(12)5-7/h2-3,5H,4H2,1H3,(H,14,16). The Hall–Kier alpha value is -1.39. The van der Waals surface area contributed by atoms with Crippen LogP contribution < -0.4 is 5.32 Å². The van der Waals surface area contributed by atoms with Crippen molar-refractivity contribution >= 4 is 45.8 Å². The lowest BCUT2D eigenvalue weighted by Gasteiger charge is -2.05. The summed E-state index contributed by atoms with van der Waals surface area (Å²) in [5.41, 5.74) is 0.570. The van der Waals surface area contributed by atoms with Crippen molar-refractivity contribution in [2.24, 2.45) is 0 Å². The van der Waals surface area contributed by atoms with E-state index in [0.29, 0.717) is 5.69 Å². The molecule has 1 rings (SSSR count). The van der Waals surface area contributed by atoms with Crippen molar-refractivity contribution in [3.63, 3.8) is 0 Å². The van der Waals surface area contributed by atoms with Gasteiger partial charge in [-0.25, -0.2) is 0 Å². The Kier molecular flexibility index (Phi) is 4.66.